The number of hydrogen-bond acceptors (Lipinski definition) is 3. The van der Waals surface area contributed by atoms with Gasteiger partial charge >= 0.3 is 6.03 Å². The molecule has 4 amide bonds. The minimum absolute atomic E-state index is 0.144. The molecule has 3 fully saturated rings. The third-order valence-electron chi connectivity index (χ3n) is 5.48. The Kier molecular flexibility index (Phi) is 3.76. The van der Waals surface area contributed by atoms with Crippen molar-refractivity contribution in [1.29, 1.82) is 0 Å². The lowest BCUT2D eigenvalue weighted by Gasteiger charge is -2.38. The molecule has 116 valence electrons. The van der Waals surface area contributed by atoms with Gasteiger partial charge in [-0.1, -0.05) is 13.3 Å². The number of carbonyl (C=O) groups is 3. The first-order chi connectivity index (χ1) is 10.0. The Morgan fingerprint density at radius 1 is 1.10 bits per heavy atom. The van der Waals surface area contributed by atoms with Crippen LogP contribution in [0.3, 0.4) is 0 Å². The molecule has 0 spiro atoms. The predicted octanol–water partition coefficient (Wildman–Crippen LogP) is 2.55. The third kappa shape index (κ3) is 2.58. The second-order valence-electron chi connectivity index (χ2n) is 6.99. The van der Waals surface area contributed by atoms with Crippen LogP contribution in [0, 0.1) is 11.3 Å². The first-order valence-electron chi connectivity index (χ1n) is 8.19. The normalized spacial score (nSPS) is 32.4. The Morgan fingerprint density at radius 2 is 1.76 bits per heavy atom. The summed E-state index contributed by atoms with van der Waals surface area (Å²) in [6.07, 6.45) is 7.43. The van der Waals surface area contributed by atoms with Crippen LogP contribution in [0.5, 0.6) is 0 Å². The highest BCUT2D eigenvalue weighted by atomic mass is 16.2. The van der Waals surface area contributed by atoms with Crippen molar-refractivity contribution in [3.63, 3.8) is 0 Å². The van der Waals surface area contributed by atoms with Crippen LogP contribution < -0.4 is 0 Å². The minimum atomic E-state index is -0.380. The van der Waals surface area contributed by atoms with Crippen LogP contribution in [-0.4, -0.2) is 40.7 Å². The third-order valence-corrected chi connectivity index (χ3v) is 5.48. The molecule has 3 aliphatic rings. The number of unbranched alkanes of at least 4 members (excludes halogenated alkanes) is 1. The molecule has 1 aliphatic heterocycles. The molecule has 0 unspecified atom stereocenters. The highest BCUT2D eigenvalue weighted by Gasteiger charge is 2.49. The lowest BCUT2D eigenvalue weighted by atomic mass is 9.83. The van der Waals surface area contributed by atoms with Gasteiger partial charge in [0.2, 0.25) is 11.8 Å². The summed E-state index contributed by atoms with van der Waals surface area (Å²) in [5.41, 5.74) is 0.146. The summed E-state index contributed by atoms with van der Waals surface area (Å²) in [6, 6.07) is -0.380. The molecule has 5 nitrogen and oxygen atoms in total. The Bertz CT molecular complexity index is 466. The molecule has 5 heteroatoms. The van der Waals surface area contributed by atoms with Crippen LogP contribution in [0.4, 0.5) is 4.79 Å². The molecule has 0 N–H and O–H groups in total. The molecule has 1 saturated heterocycles. The number of amides is 4. The van der Waals surface area contributed by atoms with Crippen LogP contribution in [0.15, 0.2) is 0 Å². The fourth-order valence-corrected chi connectivity index (χ4v) is 4.24. The maximum Gasteiger partial charge on any atom is 0.333 e. The van der Waals surface area contributed by atoms with Crippen molar-refractivity contribution in [2.24, 2.45) is 11.3 Å². The minimum Gasteiger partial charge on any atom is -0.274 e. The molecule has 1 heterocycles. The highest BCUT2D eigenvalue weighted by Crippen LogP contribution is 2.54. The quantitative estimate of drug-likeness (QED) is 0.732. The summed E-state index contributed by atoms with van der Waals surface area (Å²) in [5.74, 6) is 0.156. The van der Waals surface area contributed by atoms with Gasteiger partial charge in [0.15, 0.2) is 0 Å². The zero-order chi connectivity index (χ0) is 15.0. The number of rotatable bonds is 5. The van der Waals surface area contributed by atoms with Crippen LogP contribution in [0.1, 0.15) is 58.3 Å². The van der Waals surface area contributed by atoms with Gasteiger partial charge in [0.1, 0.15) is 6.42 Å². The fraction of sp³-hybridized carbons (Fsp3) is 0.812. The van der Waals surface area contributed by atoms with Crippen LogP contribution in [0.2, 0.25) is 0 Å². The van der Waals surface area contributed by atoms with E-state index >= 15 is 0 Å². The summed E-state index contributed by atoms with van der Waals surface area (Å²) >= 11 is 0. The van der Waals surface area contributed by atoms with E-state index in [1.165, 1.54) is 22.6 Å². The maximum absolute atomic E-state index is 12.5. The van der Waals surface area contributed by atoms with E-state index < -0.39 is 0 Å². The van der Waals surface area contributed by atoms with Gasteiger partial charge in [0, 0.05) is 13.1 Å². The predicted molar refractivity (Wildman–Crippen MR) is 77.4 cm³/mol. The van der Waals surface area contributed by atoms with Crippen molar-refractivity contribution < 1.29 is 14.4 Å². The van der Waals surface area contributed by atoms with Crippen molar-refractivity contribution in [1.82, 2.24) is 9.80 Å². The zero-order valence-electron chi connectivity index (χ0n) is 12.8. The monoisotopic (exact) mass is 292 g/mol. The average molecular weight is 292 g/mol. The topological polar surface area (TPSA) is 57.7 Å². The van der Waals surface area contributed by atoms with E-state index in [1.54, 1.807) is 0 Å². The molecular formula is C16H24N2O3. The van der Waals surface area contributed by atoms with E-state index in [4.69, 9.17) is 0 Å². The summed E-state index contributed by atoms with van der Waals surface area (Å²) in [6.45, 7) is 2.99. The summed E-state index contributed by atoms with van der Waals surface area (Å²) in [5, 5.41) is 0. The smallest absolute Gasteiger partial charge is 0.274 e. The van der Waals surface area contributed by atoms with Gasteiger partial charge in [-0.25, -0.2) is 4.79 Å². The molecule has 2 saturated carbocycles. The van der Waals surface area contributed by atoms with E-state index in [1.807, 2.05) is 6.92 Å². The maximum atomic E-state index is 12.5. The molecule has 21 heavy (non-hydrogen) atoms. The van der Waals surface area contributed by atoms with E-state index in [0.717, 1.165) is 38.0 Å². The molecule has 0 aromatic carbocycles. The summed E-state index contributed by atoms with van der Waals surface area (Å²) in [7, 11) is 0. The SMILES string of the molecule is CCCCN1C(=O)CC(=O)N(CC23CCC(CC2)C3)C1=O. The standard InChI is InChI=1S/C16H24N2O3/c1-2-3-8-17-13(19)9-14(20)18(15(17)21)11-16-6-4-12(10-16)5-7-16/h12H,2-11H2,1H3. The molecule has 3 rings (SSSR count). The second kappa shape index (κ2) is 5.43. The lowest BCUT2D eigenvalue weighted by molar-refractivity contribution is -0.143. The first-order valence-corrected chi connectivity index (χ1v) is 8.19. The van der Waals surface area contributed by atoms with Crippen molar-refractivity contribution in [2.75, 3.05) is 13.1 Å². The van der Waals surface area contributed by atoms with Crippen molar-refractivity contribution in [3.8, 4) is 0 Å². The number of hydrogen-bond donors (Lipinski definition) is 0. The van der Waals surface area contributed by atoms with Gasteiger partial charge < -0.3 is 0 Å². The fourth-order valence-electron chi connectivity index (χ4n) is 4.24. The number of imide groups is 2. The largest absolute Gasteiger partial charge is 0.333 e. The summed E-state index contributed by atoms with van der Waals surface area (Å²) in [4.78, 5) is 39.2. The first kappa shape index (κ1) is 14.5. The van der Waals surface area contributed by atoms with Gasteiger partial charge in [0.25, 0.3) is 0 Å². The van der Waals surface area contributed by atoms with Gasteiger partial charge in [0.05, 0.1) is 0 Å². The molecule has 0 atom stereocenters. The Labute approximate surface area is 125 Å². The van der Waals surface area contributed by atoms with Gasteiger partial charge in [-0.3, -0.25) is 19.4 Å². The van der Waals surface area contributed by atoms with E-state index in [9.17, 15) is 14.4 Å². The number of urea groups is 1. The number of barbiturate groups is 1. The number of carbonyl (C=O) groups excluding carboxylic acids is 3. The Morgan fingerprint density at radius 3 is 2.33 bits per heavy atom. The molecule has 2 bridgehead atoms. The van der Waals surface area contributed by atoms with Crippen LogP contribution >= 0.6 is 0 Å². The van der Waals surface area contributed by atoms with E-state index in [0.29, 0.717) is 13.1 Å². The Balaban J connectivity index is 1.72. The highest BCUT2D eigenvalue weighted by molar-refractivity contribution is 6.14. The second-order valence-corrected chi connectivity index (χ2v) is 6.99. The van der Waals surface area contributed by atoms with Gasteiger partial charge in [-0.05, 0) is 49.9 Å². The van der Waals surface area contributed by atoms with Crippen LogP contribution in [0.25, 0.3) is 0 Å². The zero-order valence-corrected chi connectivity index (χ0v) is 12.8. The Hall–Kier alpha value is -1.39. The molecule has 0 radical (unpaired) electrons. The van der Waals surface area contributed by atoms with Gasteiger partial charge in [-0.2, -0.15) is 0 Å². The van der Waals surface area contributed by atoms with Crippen molar-refractivity contribution in [3.05, 3.63) is 0 Å². The van der Waals surface area contributed by atoms with E-state index in [2.05, 4.69) is 0 Å². The van der Waals surface area contributed by atoms with Gasteiger partial charge in [-0.15, -0.1) is 0 Å². The molecule has 0 aromatic rings. The molecule has 2 aliphatic carbocycles. The lowest BCUT2D eigenvalue weighted by Crippen LogP contribution is -2.57. The van der Waals surface area contributed by atoms with Crippen molar-refractivity contribution in [2.45, 2.75) is 58.3 Å². The molecule has 0 aromatic heterocycles. The summed E-state index contributed by atoms with van der Waals surface area (Å²) < 4.78 is 0. The molecular weight excluding hydrogens is 268 g/mol. The van der Waals surface area contributed by atoms with Crippen molar-refractivity contribution >= 4 is 17.8 Å². The van der Waals surface area contributed by atoms with Crippen LogP contribution in [-0.2, 0) is 9.59 Å². The van der Waals surface area contributed by atoms with E-state index in [-0.39, 0.29) is 29.7 Å². The average Bonchev–Trinajstić information content (AvgIpc) is 3.04. The number of nitrogens with zero attached hydrogens (tertiary/aromatic N) is 2. The number of fused-ring (bicyclic) bond motifs is 2.